The fraction of sp³-hybridized carbons (Fsp3) is 0.846. The van der Waals surface area contributed by atoms with Gasteiger partial charge >= 0.3 is 0 Å². The molecule has 1 N–H and O–H groups in total. The Bertz CT molecular complexity index is 170. The van der Waals surface area contributed by atoms with Crippen molar-refractivity contribution in [2.24, 2.45) is 11.8 Å². The summed E-state index contributed by atoms with van der Waals surface area (Å²) in [6.07, 6.45) is 5.31. The van der Waals surface area contributed by atoms with Crippen LogP contribution in [0.5, 0.6) is 0 Å². The van der Waals surface area contributed by atoms with Gasteiger partial charge in [-0.1, -0.05) is 45.8 Å². The van der Waals surface area contributed by atoms with Gasteiger partial charge in [0.05, 0.1) is 6.10 Å². The van der Waals surface area contributed by atoms with Gasteiger partial charge in [0.25, 0.3) is 0 Å². The first-order valence-electron chi connectivity index (χ1n) is 5.81. The minimum atomic E-state index is -0.178. The molecule has 0 aliphatic rings. The van der Waals surface area contributed by atoms with Crippen LogP contribution in [-0.2, 0) is 0 Å². The van der Waals surface area contributed by atoms with Crippen molar-refractivity contribution < 1.29 is 5.11 Å². The Balaban J connectivity index is 3.88. The summed E-state index contributed by atoms with van der Waals surface area (Å²) in [6.45, 7) is 10.7. The van der Waals surface area contributed by atoms with Crippen molar-refractivity contribution in [1.82, 2.24) is 0 Å². The molecule has 0 radical (unpaired) electrons. The fourth-order valence-electron chi connectivity index (χ4n) is 1.22. The van der Waals surface area contributed by atoms with Crippen LogP contribution in [0, 0.1) is 11.8 Å². The van der Waals surface area contributed by atoms with Gasteiger partial charge in [0.2, 0.25) is 0 Å². The summed E-state index contributed by atoms with van der Waals surface area (Å²) in [6, 6.07) is 0. The fourth-order valence-corrected chi connectivity index (χ4v) is 1.22. The standard InChI is InChI=1S/C13H26O/c1-6-11(4)7-8-12(5)9-13(14)10(2)3/h8,10-11,13-14H,6-7,9H2,1-5H3/b12-8+. The Kier molecular flexibility index (Phi) is 6.90. The van der Waals surface area contributed by atoms with Crippen LogP contribution in [-0.4, -0.2) is 11.2 Å². The van der Waals surface area contributed by atoms with Crippen LogP contribution < -0.4 is 0 Å². The SMILES string of the molecule is CCC(C)C/C=C(\C)CC(O)C(C)C. The number of hydrogen-bond donors (Lipinski definition) is 1. The van der Waals surface area contributed by atoms with Gasteiger partial charge in [-0.2, -0.15) is 0 Å². The topological polar surface area (TPSA) is 20.2 Å². The van der Waals surface area contributed by atoms with Crippen LogP contribution in [0.15, 0.2) is 11.6 Å². The Morgan fingerprint density at radius 1 is 1.29 bits per heavy atom. The summed E-state index contributed by atoms with van der Waals surface area (Å²) in [5.41, 5.74) is 1.33. The van der Waals surface area contributed by atoms with E-state index in [1.54, 1.807) is 0 Å². The molecule has 1 nitrogen and oxygen atoms in total. The molecule has 0 spiro atoms. The molecule has 14 heavy (non-hydrogen) atoms. The zero-order valence-corrected chi connectivity index (χ0v) is 10.4. The summed E-state index contributed by atoms with van der Waals surface area (Å²) < 4.78 is 0. The highest BCUT2D eigenvalue weighted by atomic mass is 16.3. The Morgan fingerprint density at radius 3 is 2.29 bits per heavy atom. The lowest BCUT2D eigenvalue weighted by Crippen LogP contribution is -2.14. The number of aliphatic hydroxyl groups is 1. The van der Waals surface area contributed by atoms with Gasteiger partial charge in [-0.05, 0) is 31.6 Å². The molecule has 0 aliphatic heterocycles. The third-order valence-electron chi connectivity index (χ3n) is 2.87. The number of rotatable bonds is 6. The van der Waals surface area contributed by atoms with E-state index in [1.165, 1.54) is 12.0 Å². The smallest absolute Gasteiger partial charge is 0.0600 e. The van der Waals surface area contributed by atoms with E-state index in [9.17, 15) is 5.11 Å². The lowest BCUT2D eigenvalue weighted by atomic mass is 9.97. The van der Waals surface area contributed by atoms with Gasteiger partial charge in [-0.3, -0.25) is 0 Å². The normalized spacial score (nSPS) is 17.2. The first-order chi connectivity index (χ1) is 6.47. The third kappa shape index (κ3) is 6.20. The molecule has 0 amide bonds. The van der Waals surface area contributed by atoms with E-state index >= 15 is 0 Å². The number of aliphatic hydroxyl groups excluding tert-OH is 1. The molecule has 0 saturated carbocycles. The van der Waals surface area contributed by atoms with Gasteiger partial charge in [0.15, 0.2) is 0 Å². The van der Waals surface area contributed by atoms with Gasteiger partial charge < -0.3 is 5.11 Å². The molecule has 0 aromatic carbocycles. The molecular formula is C13H26O. The maximum Gasteiger partial charge on any atom is 0.0600 e. The molecule has 0 fully saturated rings. The van der Waals surface area contributed by atoms with E-state index in [-0.39, 0.29) is 6.10 Å². The molecule has 1 heteroatoms. The molecule has 84 valence electrons. The minimum Gasteiger partial charge on any atom is -0.393 e. The molecule has 0 aliphatic carbocycles. The van der Waals surface area contributed by atoms with Crippen molar-refractivity contribution in [3.05, 3.63) is 11.6 Å². The second kappa shape index (κ2) is 7.05. The van der Waals surface area contributed by atoms with E-state index in [2.05, 4.69) is 40.7 Å². The van der Waals surface area contributed by atoms with Crippen molar-refractivity contribution in [2.75, 3.05) is 0 Å². The van der Waals surface area contributed by atoms with Crippen molar-refractivity contribution >= 4 is 0 Å². The second-order valence-electron chi connectivity index (χ2n) is 4.82. The first-order valence-corrected chi connectivity index (χ1v) is 5.81. The van der Waals surface area contributed by atoms with Crippen LogP contribution >= 0.6 is 0 Å². The van der Waals surface area contributed by atoms with Gasteiger partial charge in [-0.15, -0.1) is 0 Å². The van der Waals surface area contributed by atoms with Crippen LogP contribution in [0.4, 0.5) is 0 Å². The molecule has 0 aromatic rings. The highest BCUT2D eigenvalue weighted by molar-refractivity contribution is 5.00. The Hall–Kier alpha value is -0.300. The van der Waals surface area contributed by atoms with Crippen molar-refractivity contribution in [3.8, 4) is 0 Å². The Labute approximate surface area is 89.2 Å². The zero-order chi connectivity index (χ0) is 11.1. The molecule has 0 aromatic heterocycles. The summed E-state index contributed by atoms with van der Waals surface area (Å²) in [4.78, 5) is 0. The molecule has 2 unspecified atom stereocenters. The molecule has 0 heterocycles. The monoisotopic (exact) mass is 198 g/mol. The lowest BCUT2D eigenvalue weighted by molar-refractivity contribution is 0.125. The van der Waals surface area contributed by atoms with Crippen LogP contribution in [0.3, 0.4) is 0 Å². The van der Waals surface area contributed by atoms with E-state index in [0.717, 1.165) is 18.8 Å². The summed E-state index contributed by atoms with van der Waals surface area (Å²) in [7, 11) is 0. The summed E-state index contributed by atoms with van der Waals surface area (Å²) >= 11 is 0. The maximum absolute atomic E-state index is 9.68. The van der Waals surface area contributed by atoms with Gasteiger partial charge in [-0.25, -0.2) is 0 Å². The molecule has 0 saturated heterocycles. The summed E-state index contributed by atoms with van der Waals surface area (Å²) in [5.74, 6) is 1.13. The van der Waals surface area contributed by atoms with Crippen molar-refractivity contribution in [2.45, 2.75) is 60.0 Å². The van der Waals surface area contributed by atoms with Gasteiger partial charge in [0, 0.05) is 0 Å². The van der Waals surface area contributed by atoms with E-state index in [1.807, 2.05) is 0 Å². The first kappa shape index (κ1) is 13.7. The minimum absolute atomic E-state index is 0.178. The number of hydrogen-bond acceptors (Lipinski definition) is 1. The second-order valence-corrected chi connectivity index (χ2v) is 4.82. The van der Waals surface area contributed by atoms with Crippen LogP contribution in [0.25, 0.3) is 0 Å². The molecular weight excluding hydrogens is 172 g/mol. The highest BCUT2D eigenvalue weighted by Crippen LogP contribution is 2.15. The van der Waals surface area contributed by atoms with Crippen molar-refractivity contribution in [1.29, 1.82) is 0 Å². The predicted molar refractivity (Wildman–Crippen MR) is 63.3 cm³/mol. The summed E-state index contributed by atoms with van der Waals surface area (Å²) in [5, 5.41) is 9.68. The highest BCUT2D eigenvalue weighted by Gasteiger charge is 2.09. The molecule has 0 rings (SSSR count). The van der Waals surface area contributed by atoms with E-state index in [0.29, 0.717) is 5.92 Å². The van der Waals surface area contributed by atoms with Gasteiger partial charge in [0.1, 0.15) is 0 Å². The van der Waals surface area contributed by atoms with Crippen molar-refractivity contribution in [3.63, 3.8) is 0 Å². The lowest BCUT2D eigenvalue weighted by Gasteiger charge is -2.15. The average Bonchev–Trinajstić information content (AvgIpc) is 2.13. The average molecular weight is 198 g/mol. The van der Waals surface area contributed by atoms with E-state index < -0.39 is 0 Å². The van der Waals surface area contributed by atoms with Crippen LogP contribution in [0.2, 0.25) is 0 Å². The predicted octanol–water partition coefficient (Wildman–Crippen LogP) is 3.78. The third-order valence-corrected chi connectivity index (χ3v) is 2.87. The largest absolute Gasteiger partial charge is 0.393 e. The quantitative estimate of drug-likeness (QED) is 0.644. The Morgan fingerprint density at radius 2 is 1.86 bits per heavy atom. The van der Waals surface area contributed by atoms with Crippen LogP contribution in [0.1, 0.15) is 53.9 Å². The molecule has 0 bridgehead atoms. The van der Waals surface area contributed by atoms with E-state index in [4.69, 9.17) is 0 Å². The molecule has 2 atom stereocenters. The number of allylic oxidation sites excluding steroid dienone is 1. The zero-order valence-electron chi connectivity index (χ0n) is 10.4. The maximum atomic E-state index is 9.68.